The second-order valence-corrected chi connectivity index (χ2v) is 6.73. The molecule has 0 spiro atoms. The van der Waals surface area contributed by atoms with Crippen molar-refractivity contribution < 1.29 is 9.59 Å². The molecule has 0 fully saturated rings. The second kappa shape index (κ2) is 9.23. The molecule has 1 unspecified atom stereocenters. The first-order valence-electron chi connectivity index (χ1n) is 8.32. The first-order chi connectivity index (χ1) is 12.0. The molecule has 5 heteroatoms. The lowest BCUT2D eigenvalue weighted by Crippen LogP contribution is -2.40. The smallest absolute Gasteiger partial charge is 0.247 e. The number of hydrogen-bond acceptors (Lipinski definition) is 2. The predicted octanol–water partition coefficient (Wildman–Crippen LogP) is 3.86. The van der Waals surface area contributed by atoms with Crippen LogP contribution in [0.2, 0.25) is 5.02 Å². The molecular weight excluding hydrogens is 336 g/mol. The van der Waals surface area contributed by atoms with Gasteiger partial charge in [-0.1, -0.05) is 74.0 Å². The van der Waals surface area contributed by atoms with Crippen LogP contribution in [0.5, 0.6) is 0 Å². The molecule has 0 radical (unpaired) electrons. The number of nitrogens with one attached hydrogen (secondary N) is 2. The number of hydrogen-bond donors (Lipinski definition) is 2. The third-order valence-electron chi connectivity index (χ3n) is 3.70. The summed E-state index contributed by atoms with van der Waals surface area (Å²) in [7, 11) is 0. The van der Waals surface area contributed by atoms with Crippen LogP contribution in [-0.4, -0.2) is 11.8 Å². The molecule has 2 amide bonds. The lowest BCUT2D eigenvalue weighted by Gasteiger charge is -2.20. The van der Waals surface area contributed by atoms with Crippen molar-refractivity contribution in [1.29, 1.82) is 0 Å². The zero-order chi connectivity index (χ0) is 18.2. The highest BCUT2D eigenvalue weighted by molar-refractivity contribution is 6.31. The summed E-state index contributed by atoms with van der Waals surface area (Å²) in [6, 6.07) is 15.8. The van der Waals surface area contributed by atoms with E-state index in [9.17, 15) is 9.59 Å². The minimum Gasteiger partial charge on any atom is -0.350 e. The van der Waals surface area contributed by atoms with Gasteiger partial charge in [0, 0.05) is 18.0 Å². The highest BCUT2D eigenvalue weighted by atomic mass is 35.5. The number of rotatable bonds is 7. The Balaban J connectivity index is 2.10. The summed E-state index contributed by atoms with van der Waals surface area (Å²) in [5.74, 6) is -0.178. The van der Waals surface area contributed by atoms with Crippen molar-refractivity contribution in [1.82, 2.24) is 10.6 Å². The number of benzene rings is 2. The molecule has 0 aliphatic rings. The molecule has 2 N–H and O–H groups in total. The predicted molar refractivity (Wildman–Crippen MR) is 100 cm³/mol. The molecule has 0 saturated heterocycles. The molecule has 0 bridgehead atoms. The first-order valence-corrected chi connectivity index (χ1v) is 8.70. The van der Waals surface area contributed by atoms with E-state index in [2.05, 4.69) is 10.6 Å². The van der Waals surface area contributed by atoms with E-state index in [0.29, 0.717) is 18.0 Å². The maximum atomic E-state index is 12.7. The summed E-state index contributed by atoms with van der Waals surface area (Å²) in [4.78, 5) is 24.8. The van der Waals surface area contributed by atoms with Gasteiger partial charge in [0.1, 0.15) is 6.04 Å². The third-order valence-corrected chi connectivity index (χ3v) is 4.07. The van der Waals surface area contributed by atoms with Crippen molar-refractivity contribution in [3.05, 3.63) is 70.7 Å². The van der Waals surface area contributed by atoms with Crippen LogP contribution < -0.4 is 10.6 Å². The zero-order valence-electron chi connectivity index (χ0n) is 14.5. The molecule has 4 nitrogen and oxygen atoms in total. The Hall–Kier alpha value is -2.33. The molecule has 2 rings (SSSR count). The molecule has 1 atom stereocenters. The van der Waals surface area contributed by atoms with E-state index in [1.807, 2.05) is 62.4 Å². The minimum atomic E-state index is -0.727. The van der Waals surface area contributed by atoms with E-state index in [0.717, 1.165) is 11.1 Å². The number of amides is 2. The fraction of sp³-hybridized carbons (Fsp3) is 0.300. The summed E-state index contributed by atoms with van der Waals surface area (Å²) in [6.45, 7) is 4.24. The van der Waals surface area contributed by atoms with Crippen molar-refractivity contribution in [2.75, 3.05) is 0 Å². The Morgan fingerprint density at radius 3 is 2.28 bits per heavy atom. The number of carbonyl (C=O) groups excluding carboxylic acids is 2. The van der Waals surface area contributed by atoms with Crippen molar-refractivity contribution >= 4 is 23.4 Å². The summed E-state index contributed by atoms with van der Waals surface area (Å²) in [5, 5.41) is 6.29. The van der Waals surface area contributed by atoms with Crippen LogP contribution in [0, 0.1) is 5.92 Å². The third kappa shape index (κ3) is 5.91. The van der Waals surface area contributed by atoms with Crippen molar-refractivity contribution in [3.8, 4) is 0 Å². The van der Waals surface area contributed by atoms with Gasteiger partial charge in [0.05, 0.1) is 0 Å². The van der Waals surface area contributed by atoms with Crippen molar-refractivity contribution in [2.45, 2.75) is 32.9 Å². The molecule has 0 aliphatic heterocycles. The van der Waals surface area contributed by atoms with Crippen molar-refractivity contribution in [3.63, 3.8) is 0 Å². The molecule has 0 saturated carbocycles. The Morgan fingerprint density at radius 2 is 1.64 bits per heavy atom. The minimum absolute atomic E-state index is 0.142. The molecule has 132 valence electrons. The Morgan fingerprint density at radius 1 is 1.00 bits per heavy atom. The summed E-state index contributed by atoms with van der Waals surface area (Å²) < 4.78 is 0. The summed E-state index contributed by atoms with van der Waals surface area (Å²) in [6.07, 6.45) is 0.376. The fourth-order valence-electron chi connectivity index (χ4n) is 2.46. The molecule has 0 aliphatic carbocycles. The maximum Gasteiger partial charge on any atom is 0.247 e. The summed E-state index contributed by atoms with van der Waals surface area (Å²) >= 11 is 6.12. The van der Waals surface area contributed by atoms with Crippen LogP contribution in [-0.2, 0) is 16.1 Å². The summed E-state index contributed by atoms with van der Waals surface area (Å²) in [5.41, 5.74) is 1.58. The lowest BCUT2D eigenvalue weighted by molar-refractivity contribution is -0.129. The van der Waals surface area contributed by atoms with Gasteiger partial charge in [-0.05, 0) is 23.1 Å². The number of carbonyl (C=O) groups is 2. The maximum absolute atomic E-state index is 12.7. The van der Waals surface area contributed by atoms with Crippen LogP contribution in [0.1, 0.15) is 37.4 Å². The normalized spacial score (nSPS) is 11.8. The van der Waals surface area contributed by atoms with Crippen LogP contribution in [0.3, 0.4) is 0 Å². The van der Waals surface area contributed by atoms with Crippen LogP contribution in [0.15, 0.2) is 54.6 Å². The molecular formula is C20H23ClN2O2. The first kappa shape index (κ1) is 19.0. The van der Waals surface area contributed by atoms with Crippen LogP contribution in [0.25, 0.3) is 0 Å². The van der Waals surface area contributed by atoms with Gasteiger partial charge in [-0.25, -0.2) is 0 Å². The van der Waals surface area contributed by atoms with E-state index in [-0.39, 0.29) is 17.7 Å². The van der Waals surface area contributed by atoms with Gasteiger partial charge in [0.2, 0.25) is 11.8 Å². The van der Waals surface area contributed by atoms with Gasteiger partial charge in [-0.3, -0.25) is 9.59 Å². The van der Waals surface area contributed by atoms with Crippen LogP contribution >= 0.6 is 11.6 Å². The van der Waals surface area contributed by atoms with Gasteiger partial charge in [-0.2, -0.15) is 0 Å². The van der Waals surface area contributed by atoms with Crippen LogP contribution in [0.4, 0.5) is 0 Å². The SMILES string of the molecule is CC(C)CC(=O)NC(C(=O)NCc1ccccc1Cl)c1ccccc1. The monoisotopic (exact) mass is 358 g/mol. The highest BCUT2D eigenvalue weighted by Gasteiger charge is 2.22. The topological polar surface area (TPSA) is 58.2 Å². The van der Waals surface area contributed by atoms with Crippen molar-refractivity contribution in [2.24, 2.45) is 5.92 Å². The largest absolute Gasteiger partial charge is 0.350 e. The van der Waals surface area contributed by atoms with Gasteiger partial charge >= 0.3 is 0 Å². The zero-order valence-corrected chi connectivity index (χ0v) is 15.2. The Bertz CT molecular complexity index is 717. The highest BCUT2D eigenvalue weighted by Crippen LogP contribution is 2.17. The molecule has 0 heterocycles. The Labute approximate surface area is 153 Å². The average Bonchev–Trinajstić information content (AvgIpc) is 2.59. The standard InChI is InChI=1S/C20H23ClN2O2/c1-14(2)12-18(24)23-19(15-8-4-3-5-9-15)20(25)22-13-16-10-6-7-11-17(16)21/h3-11,14,19H,12-13H2,1-2H3,(H,22,25)(H,23,24). The average molecular weight is 359 g/mol. The van der Waals surface area contributed by atoms with E-state index in [1.54, 1.807) is 6.07 Å². The van der Waals surface area contributed by atoms with E-state index < -0.39 is 6.04 Å². The van der Waals surface area contributed by atoms with Gasteiger partial charge < -0.3 is 10.6 Å². The van der Waals surface area contributed by atoms with E-state index in [4.69, 9.17) is 11.6 Å². The number of halogens is 1. The molecule has 0 aromatic heterocycles. The van der Waals surface area contributed by atoms with Gasteiger partial charge in [-0.15, -0.1) is 0 Å². The van der Waals surface area contributed by atoms with E-state index in [1.165, 1.54) is 0 Å². The van der Waals surface area contributed by atoms with Gasteiger partial charge in [0.15, 0.2) is 0 Å². The Kier molecular flexibility index (Phi) is 7.02. The lowest BCUT2D eigenvalue weighted by atomic mass is 10.0. The molecule has 25 heavy (non-hydrogen) atoms. The van der Waals surface area contributed by atoms with E-state index >= 15 is 0 Å². The molecule has 2 aromatic rings. The second-order valence-electron chi connectivity index (χ2n) is 6.32. The molecule has 2 aromatic carbocycles. The fourth-order valence-corrected chi connectivity index (χ4v) is 2.67. The van der Waals surface area contributed by atoms with Gasteiger partial charge in [0.25, 0.3) is 0 Å². The quantitative estimate of drug-likeness (QED) is 0.789.